The van der Waals surface area contributed by atoms with Gasteiger partial charge in [-0.1, -0.05) is 49.7 Å². The van der Waals surface area contributed by atoms with Gasteiger partial charge in [-0.15, -0.1) is 0 Å². The highest BCUT2D eigenvalue weighted by Crippen LogP contribution is 2.43. The number of amides is 1. The van der Waals surface area contributed by atoms with Crippen LogP contribution in [0.5, 0.6) is 17.2 Å². The maximum absolute atomic E-state index is 13.6. The largest absolute Gasteiger partial charge is 0.507 e. The maximum Gasteiger partial charge on any atom is 0.295 e. The normalized spacial score (nSPS) is 15.8. The lowest BCUT2D eigenvalue weighted by Gasteiger charge is -2.26. The van der Waals surface area contributed by atoms with Gasteiger partial charge in [0.15, 0.2) is 11.5 Å². The second kappa shape index (κ2) is 14.1. The van der Waals surface area contributed by atoms with Crippen molar-refractivity contribution in [2.45, 2.75) is 46.4 Å². The first-order valence-corrected chi connectivity index (χ1v) is 15.0. The molecule has 1 unspecified atom stereocenters. The average Bonchev–Trinajstić information content (AvgIpc) is 3.29. The van der Waals surface area contributed by atoms with Crippen molar-refractivity contribution in [3.63, 3.8) is 0 Å². The molecule has 3 aromatic carbocycles. The highest BCUT2D eigenvalue weighted by Gasteiger charge is 2.46. The quantitative estimate of drug-likeness (QED) is 0.105. The van der Waals surface area contributed by atoms with Crippen molar-refractivity contribution in [2.75, 3.05) is 13.7 Å². The zero-order valence-corrected chi connectivity index (χ0v) is 26.0. The van der Waals surface area contributed by atoms with Crippen LogP contribution in [0, 0.1) is 12.8 Å². The highest BCUT2D eigenvalue weighted by atomic mass is 16.5. The maximum atomic E-state index is 13.6. The van der Waals surface area contributed by atoms with Crippen molar-refractivity contribution in [3.05, 3.63) is 125 Å². The Balaban J connectivity index is 1.49. The van der Waals surface area contributed by atoms with Gasteiger partial charge in [-0.25, -0.2) is 0 Å². The number of likely N-dealkylation sites (tertiary alicyclic amines) is 1. The van der Waals surface area contributed by atoms with Gasteiger partial charge in [-0.2, -0.15) is 0 Å². The van der Waals surface area contributed by atoms with E-state index in [4.69, 9.17) is 14.2 Å². The van der Waals surface area contributed by atoms with Crippen LogP contribution in [0.3, 0.4) is 0 Å². The fourth-order valence-corrected chi connectivity index (χ4v) is 5.29. The number of rotatable bonds is 12. The lowest BCUT2D eigenvalue weighted by Crippen LogP contribution is -2.29. The average molecular weight is 607 g/mol. The summed E-state index contributed by atoms with van der Waals surface area (Å²) in [6, 6.07) is 23.0. The molecule has 0 aliphatic carbocycles. The van der Waals surface area contributed by atoms with Gasteiger partial charge in [-0.05, 0) is 84.5 Å². The molecule has 1 fully saturated rings. The van der Waals surface area contributed by atoms with Crippen LogP contribution in [0.2, 0.25) is 0 Å². The first kappa shape index (κ1) is 31.3. The summed E-state index contributed by atoms with van der Waals surface area (Å²) in [5.74, 6) is 0.403. The first-order valence-electron chi connectivity index (χ1n) is 15.0. The molecule has 2 heterocycles. The fourth-order valence-electron chi connectivity index (χ4n) is 5.29. The number of benzene rings is 3. The van der Waals surface area contributed by atoms with E-state index < -0.39 is 17.7 Å². The zero-order chi connectivity index (χ0) is 31.9. The molecule has 8 nitrogen and oxygen atoms in total. The molecule has 1 atom stereocenters. The molecule has 45 heavy (non-hydrogen) atoms. The Morgan fingerprint density at radius 1 is 0.911 bits per heavy atom. The summed E-state index contributed by atoms with van der Waals surface area (Å²) in [5.41, 5.74) is 3.99. The molecule has 1 aromatic heterocycles. The van der Waals surface area contributed by atoms with E-state index in [-0.39, 0.29) is 17.9 Å². The van der Waals surface area contributed by atoms with Gasteiger partial charge in [0.2, 0.25) is 0 Å². The monoisotopic (exact) mass is 606 g/mol. The Hall–Kier alpha value is -5.11. The summed E-state index contributed by atoms with van der Waals surface area (Å²) < 4.78 is 17.6. The molecule has 1 aliphatic rings. The SMILES string of the molecule is COc1cc(C2/C(=C(\O)c3ccc(OCc4cccc(C)c4)cc3)C(=O)C(=O)N2Cc2ccncc2)ccc1OCCC(C)C. The van der Waals surface area contributed by atoms with Crippen molar-refractivity contribution in [1.82, 2.24) is 9.88 Å². The topological polar surface area (TPSA) is 98.2 Å². The Morgan fingerprint density at radius 3 is 2.36 bits per heavy atom. The number of methoxy groups -OCH3 is 1. The van der Waals surface area contributed by atoms with Crippen LogP contribution >= 0.6 is 0 Å². The predicted octanol–water partition coefficient (Wildman–Crippen LogP) is 7.02. The van der Waals surface area contributed by atoms with Crippen LogP contribution < -0.4 is 14.2 Å². The standard InChI is InChI=1S/C37H38N2O6/c1-24(2)16-19-44-31-13-10-29(21-32(31)43-4)34-33(36(41)37(42)39(34)22-26-14-17-38-18-15-26)35(40)28-8-11-30(12-9-28)45-23-27-7-5-6-25(3)20-27/h5-15,17-18,20-21,24,34,40H,16,19,22-23H2,1-4H3/b35-33+. The van der Waals surface area contributed by atoms with Crippen LogP contribution in [-0.2, 0) is 22.7 Å². The van der Waals surface area contributed by atoms with Crippen LogP contribution in [-0.4, -0.2) is 40.4 Å². The van der Waals surface area contributed by atoms with Crippen molar-refractivity contribution >= 4 is 17.4 Å². The lowest BCUT2D eigenvalue weighted by atomic mass is 9.94. The van der Waals surface area contributed by atoms with Gasteiger partial charge >= 0.3 is 0 Å². The Bertz CT molecular complexity index is 1680. The number of aromatic nitrogens is 1. The van der Waals surface area contributed by atoms with Crippen LogP contribution in [0.15, 0.2) is 96.8 Å². The number of aliphatic hydroxyl groups excluding tert-OH is 1. The van der Waals surface area contributed by atoms with E-state index in [0.717, 1.165) is 23.1 Å². The predicted molar refractivity (Wildman–Crippen MR) is 172 cm³/mol. The van der Waals surface area contributed by atoms with Crippen molar-refractivity contribution in [2.24, 2.45) is 5.92 Å². The summed E-state index contributed by atoms with van der Waals surface area (Å²) in [6.07, 6.45) is 4.15. The number of ketones is 1. The number of hydrogen-bond donors (Lipinski definition) is 1. The smallest absolute Gasteiger partial charge is 0.295 e. The number of aryl methyl sites for hydroxylation is 1. The first-order chi connectivity index (χ1) is 21.7. The Labute approximate surface area is 263 Å². The third-order valence-corrected chi connectivity index (χ3v) is 7.71. The fraction of sp³-hybridized carbons (Fsp3) is 0.270. The van der Waals surface area contributed by atoms with Gasteiger partial charge in [0.1, 0.15) is 18.1 Å². The van der Waals surface area contributed by atoms with Crippen LogP contribution in [0.1, 0.15) is 54.1 Å². The van der Waals surface area contributed by atoms with E-state index in [1.807, 2.05) is 25.1 Å². The number of hydrogen-bond acceptors (Lipinski definition) is 7. The summed E-state index contributed by atoms with van der Waals surface area (Å²) in [6.45, 7) is 7.35. The Kier molecular flexibility index (Phi) is 9.82. The number of carbonyl (C=O) groups excluding carboxylic acids is 2. The van der Waals surface area contributed by atoms with Crippen molar-refractivity contribution in [3.8, 4) is 17.2 Å². The molecule has 8 heteroatoms. The molecule has 4 aromatic rings. The van der Waals surface area contributed by atoms with E-state index in [0.29, 0.717) is 47.5 Å². The number of Topliss-reactive ketones (excluding diaryl/α,β-unsaturated/α-hetero) is 1. The summed E-state index contributed by atoms with van der Waals surface area (Å²) >= 11 is 0. The number of carbonyl (C=O) groups is 2. The molecule has 1 aliphatic heterocycles. The molecule has 1 N–H and O–H groups in total. The minimum Gasteiger partial charge on any atom is -0.507 e. The summed E-state index contributed by atoms with van der Waals surface area (Å²) in [5, 5.41) is 11.6. The third kappa shape index (κ3) is 7.34. The van der Waals surface area contributed by atoms with Crippen LogP contribution in [0.4, 0.5) is 0 Å². The molecule has 5 rings (SSSR count). The van der Waals surface area contributed by atoms with Crippen molar-refractivity contribution < 1.29 is 28.9 Å². The molecular formula is C37H38N2O6. The van der Waals surface area contributed by atoms with Crippen molar-refractivity contribution in [1.29, 1.82) is 0 Å². The summed E-state index contributed by atoms with van der Waals surface area (Å²) in [4.78, 5) is 32.6. The number of aliphatic hydroxyl groups is 1. The molecule has 0 saturated carbocycles. The van der Waals surface area contributed by atoms with E-state index >= 15 is 0 Å². The molecule has 1 saturated heterocycles. The van der Waals surface area contributed by atoms with Gasteiger partial charge in [0.05, 0.1) is 25.3 Å². The molecule has 232 valence electrons. The number of ether oxygens (including phenoxy) is 3. The Morgan fingerprint density at radius 2 is 1.67 bits per heavy atom. The zero-order valence-electron chi connectivity index (χ0n) is 26.0. The number of nitrogens with zero attached hydrogens (tertiary/aromatic N) is 2. The summed E-state index contributed by atoms with van der Waals surface area (Å²) in [7, 11) is 1.55. The molecule has 0 bridgehead atoms. The molecular weight excluding hydrogens is 568 g/mol. The molecule has 0 radical (unpaired) electrons. The van der Waals surface area contributed by atoms with E-state index in [9.17, 15) is 14.7 Å². The minimum absolute atomic E-state index is 0.00184. The van der Waals surface area contributed by atoms with Gasteiger partial charge < -0.3 is 24.2 Å². The molecule has 0 spiro atoms. The third-order valence-electron chi connectivity index (χ3n) is 7.71. The van der Waals surface area contributed by atoms with E-state index in [1.54, 1.807) is 74.1 Å². The molecule has 1 amide bonds. The second-order valence-electron chi connectivity index (χ2n) is 11.5. The minimum atomic E-state index is -0.867. The van der Waals surface area contributed by atoms with Crippen LogP contribution in [0.25, 0.3) is 5.76 Å². The number of pyridine rings is 1. The van der Waals surface area contributed by atoms with E-state index in [1.165, 1.54) is 4.90 Å². The second-order valence-corrected chi connectivity index (χ2v) is 11.5. The van der Waals surface area contributed by atoms with Gasteiger partial charge in [0.25, 0.3) is 11.7 Å². The lowest BCUT2D eigenvalue weighted by molar-refractivity contribution is -0.140. The van der Waals surface area contributed by atoms with Gasteiger partial charge in [0, 0.05) is 24.5 Å². The van der Waals surface area contributed by atoms with E-state index in [2.05, 4.69) is 24.9 Å². The van der Waals surface area contributed by atoms with Gasteiger partial charge in [-0.3, -0.25) is 14.6 Å². The highest BCUT2D eigenvalue weighted by molar-refractivity contribution is 6.46.